The van der Waals surface area contributed by atoms with Gasteiger partial charge in [0.1, 0.15) is 0 Å². The lowest BCUT2D eigenvalue weighted by molar-refractivity contribution is 0.00788. The third-order valence-corrected chi connectivity index (χ3v) is 11.7. The van der Waals surface area contributed by atoms with Gasteiger partial charge >= 0.3 is 0 Å². The van der Waals surface area contributed by atoms with Crippen LogP contribution in [0.1, 0.15) is 65.0 Å². The minimum absolute atomic E-state index is 0.166. The van der Waals surface area contributed by atoms with Gasteiger partial charge in [0.2, 0.25) is 0 Å². The van der Waals surface area contributed by atoms with Crippen LogP contribution in [0.5, 0.6) is 0 Å². The highest BCUT2D eigenvalue weighted by Crippen LogP contribution is 2.36. The molecule has 1 aliphatic carbocycles. The summed E-state index contributed by atoms with van der Waals surface area (Å²) in [5.74, 6) is 0.592. The Hall–Kier alpha value is -0.173. The second-order valence-corrected chi connectivity index (χ2v) is 14.0. The molecule has 0 radical (unpaired) electrons. The van der Waals surface area contributed by atoms with Crippen LogP contribution in [0, 0.1) is 5.92 Å². The summed E-state index contributed by atoms with van der Waals surface area (Å²) in [7, 11) is -1.83. The Labute approximate surface area is 181 Å². The van der Waals surface area contributed by atoms with Crippen molar-refractivity contribution in [3.63, 3.8) is 0 Å². The molecule has 4 nitrogen and oxygen atoms in total. The van der Waals surface area contributed by atoms with Crippen molar-refractivity contribution in [1.29, 1.82) is 0 Å². The van der Waals surface area contributed by atoms with Gasteiger partial charge < -0.3 is 14.8 Å². The van der Waals surface area contributed by atoms with E-state index in [2.05, 4.69) is 31.1 Å². The Balaban J connectivity index is 2.08. The first kappa shape index (κ1) is 24.1. The number of hydrogen-bond donors (Lipinski definition) is 2. The molecular formula is C21H36Cl2N2O2Si-. The van der Waals surface area contributed by atoms with E-state index in [9.17, 15) is 5.11 Å². The summed E-state index contributed by atoms with van der Waals surface area (Å²) in [6.45, 7) is 10.2. The molecule has 0 saturated heterocycles. The molecule has 7 heteroatoms. The van der Waals surface area contributed by atoms with Crippen molar-refractivity contribution in [3.8, 4) is 0 Å². The molecule has 28 heavy (non-hydrogen) atoms. The molecule has 0 bridgehead atoms. The molecule has 161 valence electrons. The van der Waals surface area contributed by atoms with E-state index in [0.717, 1.165) is 55.9 Å². The Morgan fingerprint density at radius 2 is 1.71 bits per heavy atom. The SMILES string of the molecule is CC[Si-](CC)(CC)OC(CNCC1CCC(C)(O)CC1)c1c(Cl)cncc1Cl. The zero-order chi connectivity index (χ0) is 20.8. The predicted octanol–water partition coefficient (Wildman–Crippen LogP) is 5.98. The van der Waals surface area contributed by atoms with Crippen LogP contribution in [0.2, 0.25) is 28.2 Å². The molecule has 1 aromatic rings. The molecule has 0 spiro atoms. The topological polar surface area (TPSA) is 54.4 Å². The number of halogens is 2. The average molecular weight is 448 g/mol. The molecule has 0 aliphatic heterocycles. The minimum Gasteiger partial charge on any atom is -0.558 e. The Morgan fingerprint density at radius 3 is 2.21 bits per heavy atom. The molecular weight excluding hydrogens is 411 g/mol. The maximum atomic E-state index is 10.2. The fourth-order valence-corrected chi connectivity index (χ4v) is 7.57. The largest absolute Gasteiger partial charge is 0.558 e. The third kappa shape index (κ3) is 6.41. The van der Waals surface area contributed by atoms with Gasteiger partial charge in [-0.25, -0.2) is 0 Å². The van der Waals surface area contributed by atoms with E-state index in [1.807, 2.05) is 6.92 Å². The molecule has 2 N–H and O–H groups in total. The van der Waals surface area contributed by atoms with Crippen LogP contribution < -0.4 is 5.32 Å². The van der Waals surface area contributed by atoms with Gasteiger partial charge in [-0.1, -0.05) is 44.0 Å². The molecule has 1 heterocycles. The second kappa shape index (κ2) is 10.7. The highest BCUT2D eigenvalue weighted by Gasteiger charge is 2.29. The van der Waals surface area contributed by atoms with Crippen molar-refractivity contribution in [1.82, 2.24) is 10.3 Å². The monoisotopic (exact) mass is 446 g/mol. The highest BCUT2D eigenvalue weighted by atomic mass is 35.5. The van der Waals surface area contributed by atoms with Crippen LogP contribution in [-0.2, 0) is 4.43 Å². The maximum absolute atomic E-state index is 10.2. The van der Waals surface area contributed by atoms with Gasteiger partial charge in [0.15, 0.2) is 0 Å². The summed E-state index contributed by atoms with van der Waals surface area (Å²) in [4.78, 5) is 4.10. The van der Waals surface area contributed by atoms with Crippen molar-refractivity contribution in [2.45, 2.75) is 83.2 Å². The lowest BCUT2D eigenvalue weighted by Crippen LogP contribution is -2.41. The number of rotatable bonds is 10. The first-order valence-corrected chi connectivity index (χ1v) is 13.9. The van der Waals surface area contributed by atoms with Crippen molar-refractivity contribution < 1.29 is 9.53 Å². The number of pyridine rings is 1. The lowest BCUT2D eigenvalue weighted by Gasteiger charge is -2.45. The zero-order valence-corrected chi connectivity index (χ0v) is 20.2. The quantitative estimate of drug-likeness (QED) is 0.433. The van der Waals surface area contributed by atoms with Crippen LogP contribution in [0.3, 0.4) is 0 Å². The standard InChI is InChI=1S/C21H36Cl2N2O2Si/c1-5-28(6-2,7-3)27-19(20-17(22)13-25-14-18(20)23)15-24-12-16-8-10-21(4,26)11-9-16/h13-14,16,19,24,26H,5-12,15H2,1-4H3/q-1. The molecule has 1 fully saturated rings. The highest BCUT2D eigenvalue weighted by molar-refractivity contribution is 6.73. The van der Waals surface area contributed by atoms with Crippen molar-refractivity contribution in [3.05, 3.63) is 28.0 Å². The van der Waals surface area contributed by atoms with E-state index in [4.69, 9.17) is 27.6 Å². The first-order chi connectivity index (χ1) is 13.3. The van der Waals surface area contributed by atoms with Crippen LogP contribution in [-0.4, -0.2) is 37.1 Å². The van der Waals surface area contributed by atoms with Crippen LogP contribution in [0.25, 0.3) is 0 Å². The normalized spacial score (nSPS) is 24.3. The van der Waals surface area contributed by atoms with Gasteiger partial charge in [0.25, 0.3) is 0 Å². The summed E-state index contributed by atoms with van der Waals surface area (Å²) in [5, 5.41) is 14.9. The maximum Gasteiger partial charge on any atom is 0.0661 e. The van der Waals surface area contributed by atoms with E-state index in [1.54, 1.807) is 12.4 Å². The number of aromatic nitrogens is 1. The van der Waals surface area contributed by atoms with Crippen molar-refractivity contribution in [2.75, 3.05) is 13.1 Å². The van der Waals surface area contributed by atoms with E-state index >= 15 is 0 Å². The number of nitrogens with zero attached hydrogens (tertiary/aromatic N) is 1. The van der Waals surface area contributed by atoms with Crippen LogP contribution in [0.15, 0.2) is 12.4 Å². The molecule has 1 aromatic heterocycles. The second-order valence-electron chi connectivity index (χ2n) is 8.47. The summed E-state index contributed by atoms with van der Waals surface area (Å²) in [5.41, 5.74) is 0.360. The molecule has 1 unspecified atom stereocenters. The predicted molar refractivity (Wildman–Crippen MR) is 121 cm³/mol. The summed E-state index contributed by atoms with van der Waals surface area (Å²) in [6.07, 6.45) is 6.99. The zero-order valence-electron chi connectivity index (χ0n) is 17.7. The van der Waals surface area contributed by atoms with Gasteiger partial charge in [-0.05, 0) is 53.4 Å². The first-order valence-electron chi connectivity index (χ1n) is 10.7. The number of hydrogen-bond acceptors (Lipinski definition) is 4. The van der Waals surface area contributed by atoms with E-state index < -0.39 is 13.9 Å². The number of aliphatic hydroxyl groups is 1. The molecule has 0 aromatic carbocycles. The number of nitrogens with one attached hydrogen (secondary N) is 1. The van der Waals surface area contributed by atoms with Gasteiger partial charge in [-0.15, -0.1) is 18.1 Å². The van der Waals surface area contributed by atoms with Crippen LogP contribution in [0.4, 0.5) is 0 Å². The average Bonchev–Trinajstić information content (AvgIpc) is 2.67. The van der Waals surface area contributed by atoms with Crippen molar-refractivity contribution >= 4 is 31.5 Å². The fourth-order valence-electron chi connectivity index (χ4n) is 4.16. The molecule has 0 amide bonds. The van der Waals surface area contributed by atoms with E-state index in [0.29, 0.717) is 22.5 Å². The van der Waals surface area contributed by atoms with Gasteiger partial charge in [0.05, 0.1) is 21.8 Å². The Morgan fingerprint density at radius 1 is 1.18 bits per heavy atom. The van der Waals surface area contributed by atoms with Gasteiger partial charge in [0, 0.05) is 24.5 Å². The molecule has 1 saturated carbocycles. The lowest BCUT2D eigenvalue weighted by atomic mass is 9.80. The van der Waals surface area contributed by atoms with Gasteiger partial charge in [-0.2, -0.15) is 0 Å². The molecule has 2 rings (SSSR count). The minimum atomic E-state index is -1.83. The summed E-state index contributed by atoms with van der Waals surface area (Å²) in [6, 6.07) is 3.23. The Kier molecular flexibility index (Phi) is 9.24. The summed E-state index contributed by atoms with van der Waals surface area (Å²) < 4.78 is 6.80. The third-order valence-electron chi connectivity index (χ3n) is 6.48. The summed E-state index contributed by atoms with van der Waals surface area (Å²) >= 11 is 12.9. The van der Waals surface area contributed by atoms with E-state index in [-0.39, 0.29) is 6.10 Å². The Bertz CT molecular complexity index is 588. The molecule has 1 aliphatic rings. The van der Waals surface area contributed by atoms with Crippen molar-refractivity contribution in [2.24, 2.45) is 5.92 Å². The van der Waals surface area contributed by atoms with Gasteiger partial charge in [-0.3, -0.25) is 4.98 Å². The molecule has 1 atom stereocenters. The fraction of sp³-hybridized carbons (Fsp3) is 0.762. The smallest absolute Gasteiger partial charge is 0.0661 e. The van der Waals surface area contributed by atoms with Crippen LogP contribution >= 0.6 is 23.2 Å². The van der Waals surface area contributed by atoms with E-state index in [1.165, 1.54) is 0 Å².